The summed E-state index contributed by atoms with van der Waals surface area (Å²) in [5.41, 5.74) is -2.11. The Kier molecular flexibility index (Phi) is 3.06. The van der Waals surface area contributed by atoms with Gasteiger partial charge in [0.15, 0.2) is 0 Å². The Morgan fingerprint density at radius 3 is 2.44 bits per heavy atom. The van der Waals surface area contributed by atoms with Crippen LogP contribution in [0.1, 0.15) is 12.5 Å². The van der Waals surface area contributed by atoms with Gasteiger partial charge in [-0.3, -0.25) is 0 Å². The first-order chi connectivity index (χ1) is 8.32. The molecular formula is C12H13F3N2O. The summed E-state index contributed by atoms with van der Waals surface area (Å²) in [5, 5.41) is 9.49. The molecule has 0 saturated carbocycles. The fourth-order valence-electron chi connectivity index (χ4n) is 1.88. The average molecular weight is 258 g/mol. The first kappa shape index (κ1) is 12.9. The van der Waals surface area contributed by atoms with E-state index in [0.29, 0.717) is 6.54 Å². The fraction of sp³-hybridized carbons (Fsp3) is 0.417. The third-order valence-corrected chi connectivity index (χ3v) is 2.89. The van der Waals surface area contributed by atoms with Crippen LogP contribution in [0, 0.1) is 0 Å². The molecule has 0 aliphatic carbocycles. The first-order valence-electron chi connectivity index (χ1n) is 5.46. The van der Waals surface area contributed by atoms with Crippen LogP contribution in [0.4, 0.5) is 13.2 Å². The van der Waals surface area contributed by atoms with E-state index in [1.54, 1.807) is 0 Å². The molecule has 1 heterocycles. The normalized spacial score (nSPS) is 24.3. The molecule has 0 bridgehead atoms. The molecule has 0 saturated heterocycles. The third kappa shape index (κ3) is 2.33. The van der Waals surface area contributed by atoms with Gasteiger partial charge in [0.2, 0.25) is 0 Å². The van der Waals surface area contributed by atoms with Crippen LogP contribution in [0.25, 0.3) is 0 Å². The second kappa shape index (κ2) is 4.28. The van der Waals surface area contributed by atoms with E-state index in [0.717, 1.165) is 5.56 Å². The molecule has 0 fully saturated rings. The smallest absolute Gasteiger partial charge is 0.361 e. The van der Waals surface area contributed by atoms with Gasteiger partial charge in [0, 0.05) is 6.54 Å². The van der Waals surface area contributed by atoms with E-state index >= 15 is 0 Å². The quantitative estimate of drug-likeness (QED) is 0.882. The second-order valence-electron chi connectivity index (χ2n) is 4.32. The molecule has 0 spiro atoms. The van der Waals surface area contributed by atoms with Crippen LogP contribution in [-0.2, 0) is 6.54 Å². The standard InChI is InChI=1S/C12H13F3N2O/c1-9-16-11(18,12(13,14)15)8-17(9)7-10-5-3-2-4-6-10/h2-6,18H,7-8H2,1H3. The SMILES string of the molecule is CC1=NC(O)(C(F)(F)F)CN1Cc1ccccc1. The maximum Gasteiger partial charge on any atom is 0.440 e. The second-order valence-corrected chi connectivity index (χ2v) is 4.32. The number of aliphatic imine (C=N–C) groups is 1. The van der Waals surface area contributed by atoms with Crippen molar-refractivity contribution in [3.8, 4) is 0 Å². The highest BCUT2D eigenvalue weighted by atomic mass is 19.4. The topological polar surface area (TPSA) is 35.8 Å². The number of nitrogens with zero attached hydrogens (tertiary/aromatic N) is 2. The lowest BCUT2D eigenvalue weighted by atomic mass is 10.2. The summed E-state index contributed by atoms with van der Waals surface area (Å²) in [5.74, 6) is 0.193. The monoisotopic (exact) mass is 258 g/mol. The zero-order chi connectivity index (χ0) is 13.4. The highest BCUT2D eigenvalue weighted by molar-refractivity contribution is 5.82. The molecule has 0 radical (unpaired) electrons. The maximum atomic E-state index is 12.6. The van der Waals surface area contributed by atoms with E-state index in [2.05, 4.69) is 4.99 Å². The van der Waals surface area contributed by atoms with Crippen molar-refractivity contribution in [2.75, 3.05) is 6.54 Å². The van der Waals surface area contributed by atoms with Crippen LogP contribution >= 0.6 is 0 Å². The van der Waals surface area contributed by atoms with Gasteiger partial charge < -0.3 is 10.0 Å². The van der Waals surface area contributed by atoms with E-state index in [4.69, 9.17) is 0 Å². The Labute approximate surface area is 103 Å². The van der Waals surface area contributed by atoms with Crippen LogP contribution in [0.15, 0.2) is 35.3 Å². The summed E-state index contributed by atoms with van der Waals surface area (Å²) in [7, 11) is 0. The lowest BCUT2D eigenvalue weighted by Gasteiger charge is -2.25. The Morgan fingerprint density at radius 1 is 1.33 bits per heavy atom. The number of alkyl halides is 3. The number of β-amino-alcohol motifs (C(OH)–C–C–N with tert-alkyl or cyclic N) is 1. The molecule has 2 rings (SSSR count). The van der Waals surface area contributed by atoms with Crippen LogP contribution in [0.3, 0.4) is 0 Å². The largest absolute Gasteiger partial charge is 0.440 e. The van der Waals surface area contributed by atoms with E-state index in [-0.39, 0.29) is 5.84 Å². The summed E-state index contributed by atoms with van der Waals surface area (Å²) >= 11 is 0. The Morgan fingerprint density at radius 2 is 1.94 bits per heavy atom. The van der Waals surface area contributed by atoms with Gasteiger partial charge >= 0.3 is 6.18 Å². The maximum absolute atomic E-state index is 12.6. The first-order valence-corrected chi connectivity index (χ1v) is 5.46. The third-order valence-electron chi connectivity index (χ3n) is 2.89. The van der Waals surface area contributed by atoms with E-state index in [9.17, 15) is 18.3 Å². The summed E-state index contributed by atoms with van der Waals surface area (Å²) in [6, 6.07) is 9.10. The van der Waals surface area contributed by atoms with Gasteiger partial charge in [-0.15, -0.1) is 0 Å². The summed E-state index contributed by atoms with van der Waals surface area (Å²) < 4.78 is 37.9. The molecule has 1 N–H and O–H groups in total. The van der Waals surface area contributed by atoms with Gasteiger partial charge in [-0.1, -0.05) is 30.3 Å². The summed E-state index contributed by atoms with van der Waals surface area (Å²) in [6.45, 7) is 1.21. The van der Waals surface area contributed by atoms with Crippen molar-refractivity contribution in [3.63, 3.8) is 0 Å². The molecular weight excluding hydrogens is 245 g/mol. The van der Waals surface area contributed by atoms with Crippen LogP contribution in [0.5, 0.6) is 0 Å². The van der Waals surface area contributed by atoms with Crippen LogP contribution < -0.4 is 0 Å². The number of hydrogen-bond acceptors (Lipinski definition) is 3. The minimum Gasteiger partial charge on any atom is -0.361 e. The van der Waals surface area contributed by atoms with Gasteiger partial charge in [-0.2, -0.15) is 13.2 Å². The summed E-state index contributed by atoms with van der Waals surface area (Å²) in [6.07, 6.45) is -4.75. The number of amidine groups is 1. The van der Waals surface area contributed by atoms with Gasteiger partial charge in [0.25, 0.3) is 5.72 Å². The average Bonchev–Trinajstić information content (AvgIpc) is 2.56. The van der Waals surface area contributed by atoms with E-state index < -0.39 is 18.4 Å². The van der Waals surface area contributed by atoms with Gasteiger partial charge in [0.1, 0.15) is 5.84 Å². The van der Waals surface area contributed by atoms with Crippen molar-refractivity contribution in [3.05, 3.63) is 35.9 Å². The molecule has 3 nitrogen and oxygen atoms in total. The predicted molar refractivity (Wildman–Crippen MR) is 61.0 cm³/mol. The summed E-state index contributed by atoms with van der Waals surface area (Å²) in [4.78, 5) is 4.76. The minimum absolute atomic E-state index is 0.193. The molecule has 1 unspecified atom stereocenters. The number of hydrogen-bond donors (Lipinski definition) is 1. The molecule has 0 aromatic heterocycles. The molecule has 1 aliphatic rings. The highest BCUT2D eigenvalue weighted by Crippen LogP contribution is 2.36. The Balaban J connectivity index is 2.13. The fourth-order valence-corrected chi connectivity index (χ4v) is 1.88. The molecule has 1 atom stereocenters. The molecule has 6 heteroatoms. The van der Waals surface area contributed by atoms with Crippen molar-refractivity contribution in [2.45, 2.75) is 25.4 Å². The Bertz CT molecular complexity index is 458. The van der Waals surface area contributed by atoms with Crippen molar-refractivity contribution < 1.29 is 18.3 Å². The predicted octanol–water partition coefficient (Wildman–Crippen LogP) is 2.17. The number of rotatable bonds is 2. The zero-order valence-electron chi connectivity index (χ0n) is 9.78. The van der Waals surface area contributed by atoms with Crippen molar-refractivity contribution >= 4 is 5.84 Å². The van der Waals surface area contributed by atoms with Gasteiger partial charge in [-0.25, -0.2) is 4.99 Å². The molecule has 18 heavy (non-hydrogen) atoms. The highest BCUT2D eigenvalue weighted by Gasteiger charge is 2.57. The van der Waals surface area contributed by atoms with Crippen molar-refractivity contribution in [1.82, 2.24) is 4.90 Å². The lowest BCUT2D eigenvalue weighted by molar-refractivity contribution is -0.254. The number of benzene rings is 1. The molecule has 0 amide bonds. The van der Waals surface area contributed by atoms with Gasteiger partial charge in [0.05, 0.1) is 6.54 Å². The zero-order valence-corrected chi connectivity index (χ0v) is 9.78. The van der Waals surface area contributed by atoms with E-state index in [1.165, 1.54) is 11.8 Å². The minimum atomic E-state index is -4.75. The number of halogens is 3. The Hall–Kier alpha value is -1.56. The molecule has 1 aromatic carbocycles. The molecule has 98 valence electrons. The molecule has 1 aliphatic heterocycles. The van der Waals surface area contributed by atoms with Crippen molar-refractivity contribution in [1.29, 1.82) is 0 Å². The number of aliphatic hydroxyl groups is 1. The van der Waals surface area contributed by atoms with E-state index in [1.807, 2.05) is 30.3 Å². The lowest BCUT2D eigenvalue weighted by Crippen LogP contribution is -2.47. The van der Waals surface area contributed by atoms with Crippen molar-refractivity contribution in [2.24, 2.45) is 4.99 Å². The molecule has 1 aromatic rings. The van der Waals surface area contributed by atoms with Gasteiger partial charge in [-0.05, 0) is 12.5 Å². The van der Waals surface area contributed by atoms with Crippen LogP contribution in [-0.4, -0.2) is 34.3 Å². The van der Waals surface area contributed by atoms with Crippen LogP contribution in [0.2, 0.25) is 0 Å².